The topological polar surface area (TPSA) is 338 Å². The van der Waals surface area contributed by atoms with Gasteiger partial charge in [-0.3, -0.25) is 18.8 Å². The zero-order valence-corrected chi connectivity index (χ0v) is 76.4. The van der Waals surface area contributed by atoms with Crippen LogP contribution in [0.5, 0.6) is 0 Å². The minimum Gasteiger partial charge on any atom is -1.00 e. The van der Waals surface area contributed by atoms with Gasteiger partial charge in [0.05, 0.1) is 137 Å². The van der Waals surface area contributed by atoms with E-state index in [-0.39, 0.29) is 78.6 Å². The van der Waals surface area contributed by atoms with Crippen molar-refractivity contribution in [2.24, 2.45) is 0 Å². The van der Waals surface area contributed by atoms with Gasteiger partial charge in [-0.25, -0.2) is 46.7 Å². The number of carbonyl (C=O) groups is 7. The van der Waals surface area contributed by atoms with Crippen LogP contribution in [0, 0.1) is 23.3 Å². The number of rotatable bonds is 29. The third kappa shape index (κ3) is 31.8. The number of imidazole rings is 2. The van der Waals surface area contributed by atoms with E-state index in [0.717, 1.165) is 29.0 Å². The number of nitrogen functional groups attached to an aromatic ring is 1. The highest BCUT2D eigenvalue weighted by Gasteiger charge is 2.52. The summed E-state index contributed by atoms with van der Waals surface area (Å²) >= 11 is 9.54. The number of hydrogen-bond donors (Lipinski definition) is 5. The number of nitrogens with zero attached hydrogens (tertiary/aromatic N) is 4. The normalized spacial score (nSPS) is 12.0. The third-order valence-corrected chi connectivity index (χ3v) is 19.7. The smallest absolute Gasteiger partial charge is 0.494 e. The van der Waals surface area contributed by atoms with E-state index in [1.54, 1.807) is 138 Å². The van der Waals surface area contributed by atoms with Gasteiger partial charge in [0, 0.05) is 106 Å². The highest BCUT2D eigenvalue weighted by Crippen LogP contribution is 2.37. The number of ketones is 1. The Labute approximate surface area is 748 Å². The van der Waals surface area contributed by atoms with Crippen molar-refractivity contribution >= 4 is 141 Å². The Morgan fingerprint density at radius 2 is 0.820 bits per heavy atom. The van der Waals surface area contributed by atoms with Crippen molar-refractivity contribution in [2.45, 2.75) is 91.0 Å². The molecule has 6 N–H and O–H groups in total. The van der Waals surface area contributed by atoms with Crippen molar-refractivity contribution in [3.05, 3.63) is 244 Å². The number of halogens is 9. The summed E-state index contributed by atoms with van der Waals surface area (Å²) in [7, 11) is 10.2. The van der Waals surface area contributed by atoms with Gasteiger partial charge in [0.2, 0.25) is 0 Å². The standard InChI is InChI=1S/C25H30BFN2O5.C20H21BrFNO4.C19H18BrFN2O3.C11H16N2O3.C8H6BrFO2.C2H4O2.CH3F.HI/c1-24(2)25(3,4)34-26(33-24)18-9-7-16(19(27)15-18)14-22-28-20-10-8-17(23(30)32-6)13-21(20)29(22)11-12-31-5;1-26-8-7-23-19-11-15(20(25)27-2)4-3-14(19)10-17(24)9-13-5-6-16(21)12-18(13)22;1-25-8-7-23-17-9-13(19(24)26-2)4-6-16(17)22-18(23)10-12-3-5-14(20)11-15(12)21;1-15-6-5-13-10-7-8(11(14)16-2)3-4-9(10)12;9-6-2-1-5(3-8(11)12)7(10)4-6;1-2(3)4;1-2;/h7-10,13,15H,11-12,14H2,1-6H3;3-6,11-12,23H,7-10H2,1-2H3;3-6,9,11H,7-8,10H2,1-2H3;3-4,7,13H,5-6,12H2,1-2H3;1-2,4H,3H2,(H,11,12);1H3,(H,3,4);1H3;1H/p-1/i;;;;;;1D;. The molecule has 0 unspecified atom stereocenters. The number of ether oxygens (including phenoxy) is 8. The number of hydrogen-bond acceptors (Lipinski definition) is 22. The molecule has 3 heterocycles. The lowest BCUT2D eigenvalue weighted by Gasteiger charge is -2.32. The van der Waals surface area contributed by atoms with Gasteiger partial charge in [-0.2, -0.15) is 0 Å². The molecule has 0 amide bonds. The fourth-order valence-corrected chi connectivity index (χ4v) is 12.5. The van der Waals surface area contributed by atoms with Crippen LogP contribution in [0.1, 0.15) is 117 Å². The van der Waals surface area contributed by atoms with E-state index in [1.165, 1.54) is 58.8 Å². The second-order valence-corrected chi connectivity index (χ2v) is 30.0. The number of benzene rings is 8. The Bertz CT molecular complexity index is 5190. The zero-order chi connectivity index (χ0) is 90.6. The Morgan fingerprint density at radius 3 is 1.20 bits per heavy atom. The molecule has 1 aliphatic rings. The van der Waals surface area contributed by atoms with Gasteiger partial charge >= 0.3 is 37.0 Å². The van der Waals surface area contributed by atoms with Crippen molar-refractivity contribution in [1.82, 2.24) is 19.1 Å². The molecule has 0 spiro atoms. The summed E-state index contributed by atoms with van der Waals surface area (Å²) in [6.07, 6.45) is 0.452. The van der Waals surface area contributed by atoms with Crippen LogP contribution in [-0.2, 0) is 107 Å². The molecule has 0 atom stereocenters. The highest BCUT2D eigenvalue weighted by atomic mass is 127. The SMILES string of the molecule is CC(=O)O.COCCNc1cc(C(=O)OC)ccc1CC(=O)Cc1ccc(Br)cc1F.COCCNc1cc(C(=O)OC)ccc1N.COCCn1c(Cc2ccc(B3OC(C)(C)C(C)(C)O3)cc2F)nc2ccc(C(=O)OC)cc21.COCCn1c(Cc2ccc(Br)cc2F)nc2ccc(C(=O)OC)cc21.O=C(O)Cc1ccc(Br)cc1F.[2H]CF.[I-]. The predicted molar refractivity (Wildman–Crippen MR) is 461 cm³/mol. The zero-order valence-electron chi connectivity index (χ0n) is 70.4. The fourth-order valence-electron chi connectivity index (χ4n) is 11.5. The summed E-state index contributed by atoms with van der Waals surface area (Å²) in [6, 6.07) is 39.2. The van der Waals surface area contributed by atoms with E-state index in [2.05, 4.69) is 68.1 Å². The molecule has 2 aromatic heterocycles. The first-order valence-electron chi connectivity index (χ1n) is 37.7. The molecule has 1 aliphatic heterocycles. The Balaban J connectivity index is 0.000000326. The molecule has 1 fully saturated rings. The molecule has 0 bridgehead atoms. The lowest BCUT2D eigenvalue weighted by molar-refractivity contribution is -0.136. The van der Waals surface area contributed by atoms with Crippen LogP contribution < -0.4 is 45.8 Å². The fraction of sp³-hybridized carbons (Fsp3) is 0.337. The molecule has 36 heteroatoms. The third-order valence-electron chi connectivity index (χ3n) is 18.2. The first-order chi connectivity index (χ1) is 57.9. The van der Waals surface area contributed by atoms with Gasteiger partial charge < -0.3 is 107 Å². The van der Waals surface area contributed by atoms with Crippen molar-refractivity contribution in [1.29, 1.82) is 0 Å². The second kappa shape index (κ2) is 52.0. The maximum absolute atomic E-state index is 15.2. The number of anilines is 3. The van der Waals surface area contributed by atoms with Crippen LogP contribution in [0.2, 0.25) is 0 Å². The molecule has 1 saturated heterocycles. The number of carbonyl (C=O) groups excluding carboxylic acids is 5. The molecule has 11 rings (SSSR count). The number of carboxylic acids is 2. The van der Waals surface area contributed by atoms with Crippen molar-refractivity contribution < 1.29 is 138 Å². The molecule has 658 valence electrons. The summed E-state index contributed by atoms with van der Waals surface area (Å²) < 4.78 is 129. The molecular weight excluding hydrogens is 1910 g/mol. The average Bonchev–Trinajstić information content (AvgIpc) is 1.63. The second-order valence-electron chi connectivity index (χ2n) is 27.2. The van der Waals surface area contributed by atoms with Gasteiger partial charge in [0.25, 0.3) is 5.97 Å². The van der Waals surface area contributed by atoms with E-state index in [9.17, 15) is 46.3 Å². The van der Waals surface area contributed by atoms with Gasteiger partial charge in [-0.1, -0.05) is 84.2 Å². The summed E-state index contributed by atoms with van der Waals surface area (Å²) in [5, 5.41) is 22.0. The molecule has 10 aromatic rings. The van der Waals surface area contributed by atoms with Gasteiger partial charge in [0.1, 0.15) is 40.7 Å². The minimum atomic E-state index is -1.03. The number of carboxylic acid groups (broad SMARTS) is 2. The molecule has 122 heavy (non-hydrogen) atoms. The van der Waals surface area contributed by atoms with Crippen LogP contribution in [0.3, 0.4) is 0 Å². The number of Topliss-reactive ketones (excluding diaryl/α,β-unsaturated/α-hetero) is 1. The number of fused-ring (bicyclic) bond motifs is 2. The number of aliphatic carboxylic acids is 2. The molecule has 0 saturated carbocycles. The van der Waals surface area contributed by atoms with Gasteiger partial charge in [-0.15, -0.1) is 0 Å². The average molecular weight is 2010 g/mol. The van der Waals surface area contributed by atoms with Gasteiger partial charge in [-0.05, 0) is 170 Å². The number of nitrogens with one attached hydrogen (secondary N) is 2. The summed E-state index contributed by atoms with van der Waals surface area (Å²) in [6.45, 7) is 13.1. The molecule has 0 radical (unpaired) electrons. The van der Waals surface area contributed by atoms with E-state index in [4.69, 9.17) is 69.6 Å². The Kier molecular flexibility index (Phi) is 43.8. The van der Waals surface area contributed by atoms with E-state index >= 15 is 4.39 Å². The Hall–Kier alpha value is -9.77. The van der Waals surface area contributed by atoms with Gasteiger partial charge in [0.15, 0.2) is 0 Å². The first-order valence-corrected chi connectivity index (χ1v) is 39.4. The number of aromatic nitrogens is 4. The predicted octanol–water partition coefficient (Wildman–Crippen LogP) is 12.3. The Morgan fingerprint density at radius 1 is 0.484 bits per heavy atom. The van der Waals surface area contributed by atoms with E-state index in [1.807, 2.05) is 42.9 Å². The minimum absolute atomic E-state index is 0. The molecular formula is C86H98BBr3F5IN7O19-. The van der Waals surface area contributed by atoms with Crippen LogP contribution >= 0.6 is 47.8 Å². The van der Waals surface area contributed by atoms with Crippen LogP contribution in [0.15, 0.2) is 159 Å². The lowest BCUT2D eigenvalue weighted by atomic mass is 9.78. The summed E-state index contributed by atoms with van der Waals surface area (Å²) in [5.74, 6) is -3.84. The van der Waals surface area contributed by atoms with Crippen LogP contribution in [-0.4, -0.2) is 193 Å². The monoisotopic (exact) mass is 2000 g/mol. The van der Waals surface area contributed by atoms with Crippen LogP contribution in [0.4, 0.5) is 39.0 Å². The quantitative estimate of drug-likeness (QED) is 0.00553. The highest BCUT2D eigenvalue weighted by molar-refractivity contribution is 9.11. The maximum Gasteiger partial charge on any atom is 0.494 e. The first kappa shape index (κ1) is 103. The maximum atomic E-state index is 15.2. The molecule has 26 nitrogen and oxygen atoms in total. The number of alkyl halides is 1. The van der Waals surface area contributed by atoms with Crippen molar-refractivity contribution in [3.63, 3.8) is 0 Å². The largest absolute Gasteiger partial charge is 1.00 e. The van der Waals surface area contributed by atoms with Crippen molar-refractivity contribution in [2.75, 3.05) is 120 Å². The van der Waals surface area contributed by atoms with Crippen LogP contribution in [0.25, 0.3) is 22.1 Å². The van der Waals surface area contributed by atoms with E-state index < -0.39 is 67.0 Å². The number of nitrogens with two attached hydrogens (primary N) is 1. The van der Waals surface area contributed by atoms with E-state index in [0.29, 0.717) is 151 Å². The number of esters is 4. The lowest BCUT2D eigenvalue weighted by Crippen LogP contribution is -3.00. The molecule has 8 aromatic carbocycles. The summed E-state index contributed by atoms with van der Waals surface area (Å²) in [4.78, 5) is 87.9. The summed E-state index contributed by atoms with van der Waals surface area (Å²) in [5.41, 5.74) is 14.4. The van der Waals surface area contributed by atoms with Crippen molar-refractivity contribution in [3.8, 4) is 0 Å². The number of methoxy groups -OCH3 is 8. The molecule has 0 aliphatic carbocycles.